The van der Waals surface area contributed by atoms with Crippen molar-refractivity contribution in [3.05, 3.63) is 197 Å². The van der Waals surface area contributed by atoms with Crippen molar-refractivity contribution < 1.29 is 14.4 Å². The number of hydrogen-bond acceptors (Lipinski definition) is 14. The van der Waals surface area contributed by atoms with Gasteiger partial charge in [-0.3, -0.25) is 14.4 Å². The van der Waals surface area contributed by atoms with Gasteiger partial charge >= 0.3 is 0 Å². The summed E-state index contributed by atoms with van der Waals surface area (Å²) in [4.78, 5) is 47.4. The van der Waals surface area contributed by atoms with Crippen LogP contribution in [0.3, 0.4) is 0 Å². The number of amides is 3. The normalized spacial score (nSPS) is 15.3. The second kappa shape index (κ2) is 31.3. The molecule has 3 fully saturated rings. The molecule has 1 N–H and O–H groups in total. The van der Waals surface area contributed by atoms with Crippen LogP contribution in [0.1, 0.15) is 38.5 Å². The maximum atomic E-state index is 13.2. The quantitative estimate of drug-likeness (QED) is 0.101. The standard InChI is InChI=1S/C26H27ClN6O.C26H22ClN5O.C25H25ClN6O/c1-31(2)20-13-15-32(16-14-20)21(34)17-33-26-22(24(30-33)18-9-5-3-6-10-18)23(27)25(28-29-26)19-11-7-4-8-12-19;1-2-18-10-9-15-31(16-18)21(33)17-32-26-22(24(30-32)19-11-5-3-6-12-19)23(27)25(28-29-26)20-13-7-4-8-14-20;1-31-14-12-19(13-15-31)27-20(33)16-32-25-21(23(30-32)17-8-4-2-5-9-17)22(26)24(28-29-25)18-10-6-3-7-11-18/h3-12,20H,13-17H2,1-2H3;1,3-8,11-14,18H,9-10,15-17H2;2-11,19H,12-16H2,1H3,(H,27,33). The molecule has 6 aromatic heterocycles. The number of benzene rings is 6. The summed E-state index contributed by atoms with van der Waals surface area (Å²) >= 11 is 20.7. The fraction of sp³-hybridized carbons (Fsp3) is 0.273. The predicted molar refractivity (Wildman–Crippen MR) is 394 cm³/mol. The SMILES string of the molecule is C#CC1CCCN(C(=O)Cn2nc(-c3ccccc3)c3c(Cl)c(-c4ccccc4)nnc32)C1.CN(C)C1CCN(C(=O)Cn2nc(-c3ccccc3)c3c(Cl)c(-c4ccccc4)nnc32)CC1.CN1CCC(NC(=O)Cn2nc(-c3ccccc3)c3c(Cl)c(-c4ccccc4)nnc32)CC1. The summed E-state index contributed by atoms with van der Waals surface area (Å²) in [5.74, 6) is 2.79. The molecule has 12 aromatic rings. The first-order valence-electron chi connectivity index (χ1n) is 33.5. The summed E-state index contributed by atoms with van der Waals surface area (Å²) in [6.07, 6.45) is 11.3. The molecule has 506 valence electrons. The van der Waals surface area contributed by atoms with Crippen LogP contribution in [0.4, 0.5) is 0 Å². The van der Waals surface area contributed by atoms with Gasteiger partial charge in [-0.15, -0.1) is 42.9 Å². The molecule has 23 heteroatoms. The molecule has 3 aliphatic rings. The van der Waals surface area contributed by atoms with Crippen LogP contribution in [-0.4, -0.2) is 170 Å². The first-order valence-corrected chi connectivity index (χ1v) is 34.7. The lowest BCUT2D eigenvalue weighted by molar-refractivity contribution is -0.134. The number of halogens is 3. The van der Waals surface area contributed by atoms with Crippen LogP contribution in [0.5, 0.6) is 0 Å². The van der Waals surface area contributed by atoms with Gasteiger partial charge in [-0.1, -0.05) is 217 Å². The van der Waals surface area contributed by atoms with E-state index in [0.717, 1.165) is 98.1 Å². The number of carbonyl (C=O) groups excluding carboxylic acids is 3. The van der Waals surface area contributed by atoms with Gasteiger partial charge in [0.2, 0.25) is 17.7 Å². The number of hydrogen-bond donors (Lipinski definition) is 1. The van der Waals surface area contributed by atoms with Crippen LogP contribution >= 0.6 is 34.8 Å². The lowest BCUT2D eigenvalue weighted by atomic mass is 9.99. The highest BCUT2D eigenvalue weighted by Gasteiger charge is 2.30. The average molecular weight is 1390 g/mol. The third-order valence-electron chi connectivity index (χ3n) is 18.6. The van der Waals surface area contributed by atoms with Crippen molar-refractivity contribution in [2.24, 2.45) is 5.92 Å². The number of piperidine rings is 3. The van der Waals surface area contributed by atoms with Gasteiger partial charge in [0, 0.05) is 77.6 Å². The summed E-state index contributed by atoms with van der Waals surface area (Å²) in [6.45, 7) is 4.95. The largest absolute Gasteiger partial charge is 0.352 e. The zero-order valence-electron chi connectivity index (χ0n) is 55.8. The van der Waals surface area contributed by atoms with E-state index in [4.69, 9.17) is 56.5 Å². The molecule has 0 bridgehead atoms. The van der Waals surface area contributed by atoms with E-state index in [1.165, 1.54) is 0 Å². The summed E-state index contributed by atoms with van der Waals surface area (Å²) in [7, 11) is 6.29. The van der Waals surface area contributed by atoms with Crippen LogP contribution in [-0.2, 0) is 34.0 Å². The Labute approximate surface area is 594 Å². The number of terminal acetylenes is 1. The Bertz CT molecular complexity index is 4890. The van der Waals surface area contributed by atoms with Crippen molar-refractivity contribution >= 4 is 85.6 Å². The Balaban J connectivity index is 0.000000134. The minimum atomic E-state index is -0.0846. The van der Waals surface area contributed by atoms with Crippen molar-refractivity contribution in [2.75, 3.05) is 60.4 Å². The molecule has 9 heterocycles. The van der Waals surface area contributed by atoms with Crippen molar-refractivity contribution in [2.45, 2.75) is 70.2 Å². The smallest absolute Gasteiger partial charge is 0.244 e. The fourth-order valence-electron chi connectivity index (χ4n) is 13.1. The first kappa shape index (κ1) is 68.3. The van der Waals surface area contributed by atoms with E-state index in [2.05, 4.69) is 72.8 Å². The van der Waals surface area contributed by atoms with Crippen LogP contribution in [0.2, 0.25) is 15.1 Å². The summed E-state index contributed by atoms with van der Waals surface area (Å²) < 4.78 is 4.86. The molecule has 100 heavy (non-hydrogen) atoms. The van der Waals surface area contributed by atoms with E-state index < -0.39 is 0 Å². The second-order valence-corrected chi connectivity index (χ2v) is 26.6. The fourth-order valence-corrected chi connectivity index (χ4v) is 14.1. The zero-order valence-corrected chi connectivity index (χ0v) is 58.0. The van der Waals surface area contributed by atoms with Crippen molar-refractivity contribution in [3.63, 3.8) is 0 Å². The van der Waals surface area contributed by atoms with Crippen molar-refractivity contribution in [3.8, 4) is 79.9 Å². The molecular weight excluding hydrogens is 1320 g/mol. The van der Waals surface area contributed by atoms with Crippen LogP contribution in [0, 0.1) is 18.3 Å². The molecule has 6 aromatic carbocycles. The van der Waals surface area contributed by atoms with Gasteiger partial charge in [-0.25, -0.2) is 14.0 Å². The third-order valence-corrected chi connectivity index (χ3v) is 19.7. The predicted octanol–water partition coefficient (Wildman–Crippen LogP) is 13.1. The van der Waals surface area contributed by atoms with Gasteiger partial charge < -0.3 is 24.9 Å². The molecule has 0 saturated carbocycles. The zero-order chi connectivity index (χ0) is 69.2. The highest BCUT2D eigenvalue weighted by molar-refractivity contribution is 6.40. The van der Waals surface area contributed by atoms with E-state index in [-0.39, 0.29) is 49.3 Å². The molecule has 3 saturated heterocycles. The van der Waals surface area contributed by atoms with Crippen LogP contribution in [0.15, 0.2) is 182 Å². The molecule has 3 amide bonds. The lowest BCUT2D eigenvalue weighted by Crippen LogP contribution is -2.45. The molecule has 20 nitrogen and oxygen atoms in total. The molecule has 0 radical (unpaired) electrons. The average Bonchev–Trinajstić information content (AvgIpc) is 1.60. The van der Waals surface area contributed by atoms with Crippen molar-refractivity contribution in [1.29, 1.82) is 0 Å². The van der Waals surface area contributed by atoms with Gasteiger partial charge in [0.05, 0.1) is 31.2 Å². The van der Waals surface area contributed by atoms with E-state index in [9.17, 15) is 14.4 Å². The highest BCUT2D eigenvalue weighted by atomic mass is 35.5. The van der Waals surface area contributed by atoms with E-state index >= 15 is 0 Å². The summed E-state index contributed by atoms with van der Waals surface area (Å²) in [5.41, 5.74) is 10.7. The molecular formula is C77H74Cl3N17O3. The number of aromatic nitrogens is 12. The summed E-state index contributed by atoms with van der Waals surface area (Å²) in [6, 6.07) is 59.3. The first-order chi connectivity index (χ1) is 48.8. The molecule has 3 aliphatic heterocycles. The summed E-state index contributed by atoms with van der Waals surface area (Å²) in [5, 5.41) is 47.6. The minimum Gasteiger partial charge on any atom is -0.352 e. The lowest BCUT2D eigenvalue weighted by Gasteiger charge is -2.35. The molecule has 15 rings (SSSR count). The molecule has 0 spiro atoms. The maximum absolute atomic E-state index is 13.2. The Morgan fingerprint density at radius 2 is 0.790 bits per heavy atom. The number of nitrogens with zero attached hydrogens (tertiary/aromatic N) is 16. The maximum Gasteiger partial charge on any atom is 0.244 e. The number of fused-ring (bicyclic) bond motifs is 3. The second-order valence-electron chi connectivity index (χ2n) is 25.5. The number of likely N-dealkylation sites (tertiary alicyclic amines) is 3. The van der Waals surface area contributed by atoms with Crippen molar-refractivity contribution in [1.82, 2.24) is 84.8 Å². The number of rotatable bonds is 14. The molecule has 1 unspecified atom stereocenters. The topological polar surface area (TPSA) is 207 Å². The number of carbonyl (C=O) groups is 3. The molecule has 1 atom stereocenters. The van der Waals surface area contributed by atoms with Gasteiger partial charge in [-0.05, 0) is 72.8 Å². The molecule has 0 aliphatic carbocycles. The Morgan fingerprint density at radius 1 is 0.450 bits per heavy atom. The highest BCUT2D eigenvalue weighted by Crippen LogP contribution is 2.41. The third kappa shape index (κ3) is 15.1. The minimum absolute atomic E-state index is 0.0336. The van der Waals surface area contributed by atoms with E-state index in [1.807, 2.05) is 192 Å². The van der Waals surface area contributed by atoms with Crippen LogP contribution in [0.25, 0.3) is 101 Å². The van der Waals surface area contributed by atoms with Crippen LogP contribution < -0.4 is 5.32 Å². The Kier molecular flexibility index (Phi) is 21.4. The van der Waals surface area contributed by atoms with E-state index in [1.54, 1.807) is 14.0 Å². The van der Waals surface area contributed by atoms with Gasteiger partial charge in [0.1, 0.15) is 53.8 Å². The van der Waals surface area contributed by atoms with E-state index in [0.29, 0.717) is 101 Å². The monoisotopic (exact) mass is 1390 g/mol. The Hall–Kier alpha value is -10.3. The van der Waals surface area contributed by atoms with Gasteiger partial charge in [0.15, 0.2) is 16.9 Å². The van der Waals surface area contributed by atoms with Gasteiger partial charge in [-0.2, -0.15) is 15.3 Å². The Morgan fingerprint density at radius 3 is 1.14 bits per heavy atom. The number of nitrogens with one attached hydrogen (secondary N) is 1. The van der Waals surface area contributed by atoms with Gasteiger partial charge in [0.25, 0.3) is 0 Å².